The minimum Gasteiger partial charge on any atom is -0.486 e. The fourth-order valence-corrected chi connectivity index (χ4v) is 2.44. The van der Waals surface area contributed by atoms with Crippen molar-refractivity contribution in [2.24, 2.45) is 0 Å². The first-order chi connectivity index (χ1) is 12.3. The number of ether oxygens (including phenoxy) is 2. The molecule has 0 radical (unpaired) electrons. The Labute approximate surface area is 142 Å². The molecule has 2 aromatic heterocycles. The van der Waals surface area contributed by atoms with Crippen LogP contribution >= 0.6 is 0 Å². The van der Waals surface area contributed by atoms with Gasteiger partial charge in [-0.3, -0.25) is 4.79 Å². The molecule has 0 fully saturated rings. The number of hydrogen-bond donors (Lipinski definition) is 1. The van der Waals surface area contributed by atoms with Crippen molar-refractivity contribution >= 4 is 5.91 Å². The third-order valence-electron chi connectivity index (χ3n) is 3.65. The molecule has 3 heterocycles. The number of carbonyl (C=O) groups is 1. The Morgan fingerprint density at radius 2 is 2.16 bits per heavy atom. The second-order valence-corrected chi connectivity index (χ2v) is 5.50. The van der Waals surface area contributed by atoms with E-state index in [-0.39, 0.29) is 24.2 Å². The molecule has 1 amide bonds. The van der Waals surface area contributed by atoms with Crippen molar-refractivity contribution in [1.82, 2.24) is 25.5 Å². The van der Waals surface area contributed by atoms with Crippen LogP contribution in [0.1, 0.15) is 16.2 Å². The maximum absolute atomic E-state index is 12.1. The third kappa shape index (κ3) is 3.44. The summed E-state index contributed by atoms with van der Waals surface area (Å²) in [5.74, 6) is 1.09. The molecule has 1 N–H and O–H groups in total. The normalized spacial score (nSPS) is 15.8. The Morgan fingerprint density at radius 3 is 3.00 bits per heavy atom. The van der Waals surface area contributed by atoms with Gasteiger partial charge in [-0.15, -0.1) is 5.10 Å². The molecule has 9 heteroatoms. The summed E-state index contributed by atoms with van der Waals surface area (Å²) in [7, 11) is 0. The van der Waals surface area contributed by atoms with Gasteiger partial charge in [-0.2, -0.15) is 0 Å². The Bertz CT molecular complexity index is 861. The van der Waals surface area contributed by atoms with Crippen molar-refractivity contribution in [3.05, 3.63) is 54.2 Å². The highest BCUT2D eigenvalue weighted by atomic mass is 16.6. The molecule has 1 unspecified atom stereocenters. The molecular weight excluding hydrogens is 326 g/mol. The Balaban J connectivity index is 1.34. The molecular formula is C16H15N5O4. The second kappa shape index (κ2) is 6.63. The van der Waals surface area contributed by atoms with Crippen LogP contribution in [0.3, 0.4) is 0 Å². The number of hydrogen-bond acceptors (Lipinski definition) is 7. The van der Waals surface area contributed by atoms with Crippen molar-refractivity contribution in [3.63, 3.8) is 0 Å². The van der Waals surface area contributed by atoms with E-state index in [1.807, 2.05) is 24.3 Å². The van der Waals surface area contributed by atoms with Gasteiger partial charge in [0.05, 0.1) is 19.3 Å². The van der Waals surface area contributed by atoms with Crippen LogP contribution in [0, 0.1) is 0 Å². The zero-order chi connectivity index (χ0) is 17.1. The lowest BCUT2D eigenvalue weighted by molar-refractivity contribution is 0.0754. The van der Waals surface area contributed by atoms with E-state index in [4.69, 9.17) is 14.0 Å². The molecule has 3 aromatic rings. The number of fused-ring (bicyclic) bond motifs is 1. The van der Waals surface area contributed by atoms with Crippen LogP contribution in [-0.4, -0.2) is 38.8 Å². The van der Waals surface area contributed by atoms with E-state index in [2.05, 4.69) is 20.8 Å². The van der Waals surface area contributed by atoms with Gasteiger partial charge < -0.3 is 19.3 Å². The van der Waals surface area contributed by atoms with Crippen molar-refractivity contribution in [2.45, 2.75) is 19.2 Å². The summed E-state index contributed by atoms with van der Waals surface area (Å²) in [6.45, 7) is 1.10. The van der Waals surface area contributed by atoms with E-state index in [9.17, 15) is 4.79 Å². The molecule has 0 saturated heterocycles. The van der Waals surface area contributed by atoms with Crippen LogP contribution in [0.4, 0.5) is 0 Å². The minimum absolute atomic E-state index is 0.206. The van der Waals surface area contributed by atoms with E-state index in [0.29, 0.717) is 24.6 Å². The predicted molar refractivity (Wildman–Crippen MR) is 84.0 cm³/mol. The Morgan fingerprint density at radius 1 is 1.28 bits per heavy atom. The maximum atomic E-state index is 12.1. The van der Waals surface area contributed by atoms with Crippen molar-refractivity contribution in [2.75, 3.05) is 6.61 Å². The highest BCUT2D eigenvalue weighted by Crippen LogP contribution is 2.31. The van der Waals surface area contributed by atoms with Gasteiger partial charge >= 0.3 is 0 Å². The average Bonchev–Trinajstić information content (AvgIpc) is 3.31. The number of carbonyl (C=O) groups excluding carboxylic acids is 1. The molecule has 0 bridgehead atoms. The van der Waals surface area contributed by atoms with Crippen molar-refractivity contribution < 1.29 is 18.8 Å². The van der Waals surface area contributed by atoms with E-state index in [0.717, 1.165) is 5.75 Å². The quantitative estimate of drug-likeness (QED) is 0.739. The fraction of sp³-hybridized carbons (Fsp3) is 0.250. The van der Waals surface area contributed by atoms with Gasteiger partial charge in [0, 0.05) is 6.07 Å². The van der Waals surface area contributed by atoms with E-state index in [1.54, 1.807) is 16.9 Å². The average molecular weight is 341 g/mol. The first kappa shape index (κ1) is 15.2. The first-order valence-electron chi connectivity index (χ1n) is 7.74. The van der Waals surface area contributed by atoms with Gasteiger partial charge in [0.1, 0.15) is 18.6 Å². The van der Waals surface area contributed by atoms with Gasteiger partial charge in [-0.25, -0.2) is 4.68 Å². The molecule has 1 aliphatic rings. The zero-order valence-electron chi connectivity index (χ0n) is 13.2. The van der Waals surface area contributed by atoms with E-state index >= 15 is 0 Å². The molecule has 128 valence electrons. The van der Waals surface area contributed by atoms with Crippen molar-refractivity contribution in [3.8, 4) is 11.5 Å². The number of benzene rings is 1. The maximum Gasteiger partial charge on any atom is 0.273 e. The molecule has 25 heavy (non-hydrogen) atoms. The summed E-state index contributed by atoms with van der Waals surface area (Å²) < 4.78 is 17.8. The SMILES string of the molecule is O=C(NCc1ccon1)c1cn(CC2COc3ccccc3O2)nn1. The molecule has 1 aromatic carbocycles. The summed E-state index contributed by atoms with van der Waals surface area (Å²) >= 11 is 0. The zero-order valence-corrected chi connectivity index (χ0v) is 13.2. The number of nitrogens with zero attached hydrogens (tertiary/aromatic N) is 4. The monoisotopic (exact) mass is 341 g/mol. The lowest BCUT2D eigenvalue weighted by Gasteiger charge is -2.26. The molecule has 1 aliphatic heterocycles. The van der Waals surface area contributed by atoms with E-state index in [1.165, 1.54) is 6.26 Å². The van der Waals surface area contributed by atoms with Crippen LogP contribution < -0.4 is 14.8 Å². The summed E-state index contributed by atoms with van der Waals surface area (Å²) in [4.78, 5) is 12.1. The summed E-state index contributed by atoms with van der Waals surface area (Å²) in [6.07, 6.45) is 2.81. The van der Waals surface area contributed by atoms with Gasteiger partial charge in [0.25, 0.3) is 5.91 Å². The Hall–Kier alpha value is -3.36. The Kier molecular flexibility index (Phi) is 4.03. The standard InChI is InChI=1S/C16H15N5O4/c22-16(17-7-11-5-6-24-19-11)13-9-21(20-18-13)8-12-10-23-14-3-1-2-4-15(14)25-12/h1-6,9,12H,7-8,10H2,(H,17,22). The summed E-state index contributed by atoms with van der Waals surface area (Å²) in [5.41, 5.74) is 0.854. The van der Waals surface area contributed by atoms with Gasteiger partial charge in [-0.1, -0.05) is 22.5 Å². The van der Waals surface area contributed by atoms with Crippen LogP contribution in [0.5, 0.6) is 11.5 Å². The smallest absolute Gasteiger partial charge is 0.273 e. The van der Waals surface area contributed by atoms with Crippen LogP contribution in [0.15, 0.2) is 47.3 Å². The van der Waals surface area contributed by atoms with Crippen molar-refractivity contribution in [1.29, 1.82) is 0 Å². The van der Waals surface area contributed by atoms with Crippen LogP contribution in [0.25, 0.3) is 0 Å². The van der Waals surface area contributed by atoms with Gasteiger partial charge in [0.15, 0.2) is 23.3 Å². The number of amides is 1. The lowest BCUT2D eigenvalue weighted by atomic mass is 10.2. The van der Waals surface area contributed by atoms with Crippen LogP contribution in [-0.2, 0) is 13.1 Å². The molecule has 0 spiro atoms. The molecule has 0 aliphatic carbocycles. The highest BCUT2D eigenvalue weighted by Gasteiger charge is 2.22. The molecule has 0 saturated carbocycles. The molecule has 1 atom stereocenters. The second-order valence-electron chi connectivity index (χ2n) is 5.50. The first-order valence-corrected chi connectivity index (χ1v) is 7.74. The topological polar surface area (TPSA) is 104 Å². The van der Waals surface area contributed by atoms with Gasteiger partial charge in [-0.05, 0) is 12.1 Å². The number of nitrogens with one attached hydrogen (secondary N) is 1. The highest BCUT2D eigenvalue weighted by molar-refractivity contribution is 5.91. The summed E-state index contributed by atoms with van der Waals surface area (Å²) in [5, 5.41) is 14.3. The van der Waals surface area contributed by atoms with E-state index < -0.39 is 0 Å². The fourth-order valence-electron chi connectivity index (χ4n) is 2.44. The summed E-state index contributed by atoms with van der Waals surface area (Å²) in [6, 6.07) is 9.17. The molecule has 9 nitrogen and oxygen atoms in total. The van der Waals surface area contributed by atoms with Crippen LogP contribution in [0.2, 0.25) is 0 Å². The number of aromatic nitrogens is 4. The largest absolute Gasteiger partial charge is 0.486 e. The van der Waals surface area contributed by atoms with Gasteiger partial charge in [0.2, 0.25) is 0 Å². The molecule has 4 rings (SSSR count). The number of para-hydroxylation sites is 2. The third-order valence-corrected chi connectivity index (χ3v) is 3.65. The minimum atomic E-state index is -0.333. The lowest BCUT2D eigenvalue weighted by Crippen LogP contribution is -2.33. The number of rotatable bonds is 5. The predicted octanol–water partition coefficient (Wildman–Crippen LogP) is 1.04.